The molecule has 42 heavy (non-hydrogen) atoms. The number of benzene rings is 3. The van der Waals surface area contributed by atoms with Gasteiger partial charge in [0, 0.05) is 53.5 Å². The molecule has 0 amide bonds. The molecule has 1 N–H and O–H groups in total. The Balaban J connectivity index is 0.00000316. The minimum Gasteiger partial charge on any atom is -0.493 e. The van der Waals surface area contributed by atoms with Crippen molar-refractivity contribution < 1.29 is 36.1 Å². The summed E-state index contributed by atoms with van der Waals surface area (Å²) in [7, 11) is 0. The van der Waals surface area contributed by atoms with E-state index in [2.05, 4.69) is 34.9 Å². The van der Waals surface area contributed by atoms with Crippen molar-refractivity contribution in [3.05, 3.63) is 107 Å². The largest absolute Gasteiger partial charge is 0.493 e. The molecule has 0 spiro atoms. The van der Waals surface area contributed by atoms with Crippen LogP contribution in [0.4, 0.5) is 0 Å². The topological polar surface area (TPSA) is 78.6 Å². The molecule has 4 bridgehead atoms. The van der Waals surface area contributed by atoms with Gasteiger partial charge in [-0.3, -0.25) is 4.98 Å². The molecule has 2 aromatic heterocycles. The number of fused-ring (bicyclic) bond motifs is 7. The maximum Gasteiger partial charge on any atom is 0.214 e. The van der Waals surface area contributed by atoms with E-state index in [1.807, 2.05) is 48.5 Å². The Morgan fingerprint density at radius 1 is 0.976 bits per heavy atom. The van der Waals surface area contributed by atoms with E-state index in [1.54, 1.807) is 0 Å². The van der Waals surface area contributed by atoms with Gasteiger partial charge in [-0.25, -0.2) is 4.98 Å². The molecule has 1 saturated heterocycles. The maximum atomic E-state index is 9.69. The molecule has 1 atom stereocenters. The number of aliphatic hydroxyl groups excluding tert-OH is 1. The van der Waals surface area contributed by atoms with Crippen molar-refractivity contribution in [2.45, 2.75) is 51.5 Å². The summed E-state index contributed by atoms with van der Waals surface area (Å²) in [6.07, 6.45) is 3.58. The van der Waals surface area contributed by atoms with E-state index in [1.165, 1.54) is 0 Å². The summed E-state index contributed by atoms with van der Waals surface area (Å²) in [6, 6.07) is 27.4. The summed E-state index contributed by atoms with van der Waals surface area (Å²) in [5.74, 6) is 2.40. The molecule has 0 saturated carbocycles. The van der Waals surface area contributed by atoms with E-state index in [4.69, 9.17) is 24.2 Å². The van der Waals surface area contributed by atoms with E-state index in [9.17, 15) is 5.11 Å². The van der Waals surface area contributed by atoms with Crippen LogP contribution in [0.15, 0.2) is 72.8 Å². The van der Waals surface area contributed by atoms with Crippen LogP contribution in [0.3, 0.4) is 0 Å². The van der Waals surface area contributed by atoms with Crippen molar-refractivity contribution in [1.82, 2.24) is 14.5 Å². The van der Waals surface area contributed by atoms with Gasteiger partial charge in [0.15, 0.2) is 0 Å². The Bertz CT molecular complexity index is 1700. The second-order valence-electron chi connectivity index (χ2n) is 10.7. The fraction of sp³-hybridized carbons (Fsp3) is 0.294. The van der Waals surface area contributed by atoms with Gasteiger partial charge in [-0.05, 0) is 59.1 Å². The average Bonchev–Trinajstić information content (AvgIpc) is 3.33. The number of imidazole rings is 1. The van der Waals surface area contributed by atoms with Gasteiger partial charge < -0.3 is 23.9 Å². The van der Waals surface area contributed by atoms with Crippen molar-refractivity contribution in [2.24, 2.45) is 0 Å². The molecule has 1 fully saturated rings. The number of hydrogen-bond donors (Lipinski definition) is 1. The van der Waals surface area contributed by atoms with Crippen LogP contribution in [0, 0.1) is 6.07 Å². The summed E-state index contributed by atoms with van der Waals surface area (Å²) < 4.78 is 20.7. The van der Waals surface area contributed by atoms with Crippen LogP contribution in [0.2, 0.25) is 0 Å². The number of nitrogens with zero attached hydrogens (tertiary/aromatic N) is 3. The zero-order valence-corrected chi connectivity index (χ0v) is 24.3. The summed E-state index contributed by atoms with van der Waals surface area (Å²) in [5, 5.41) is 9.69. The van der Waals surface area contributed by atoms with Crippen LogP contribution in [-0.4, -0.2) is 39.0 Å². The molecule has 5 aromatic rings. The number of aromatic nitrogens is 3. The molecule has 0 aliphatic carbocycles. The van der Waals surface area contributed by atoms with E-state index in [0.29, 0.717) is 25.5 Å². The maximum absolute atomic E-state index is 9.69. The van der Waals surface area contributed by atoms with Crippen molar-refractivity contribution in [3.63, 3.8) is 0 Å². The zero-order valence-electron chi connectivity index (χ0n) is 23.2. The third kappa shape index (κ3) is 5.94. The van der Waals surface area contributed by atoms with Crippen molar-refractivity contribution in [2.75, 3.05) is 13.2 Å². The molecule has 2 aliphatic heterocycles. The third-order valence-electron chi connectivity index (χ3n) is 7.96. The van der Waals surface area contributed by atoms with Gasteiger partial charge in [-0.2, -0.15) is 18.2 Å². The van der Waals surface area contributed by atoms with Gasteiger partial charge in [0.25, 0.3) is 0 Å². The van der Waals surface area contributed by atoms with E-state index >= 15 is 0 Å². The standard InChI is InChI=1S/C34H32N3O4.Co/c38-21-23-10-11-27-22-41-34-9-3-7-29(36-34)25-12-13-26(32(18-25)40-15-4-5-24(27)17-23)19-33-35-30-6-1-2-8-31(30)37(33)20-28-14-16-39-28;/h1,3,6-13,17-18,28,38H,4-5,14-16,19-22H2;/q-1;. The monoisotopic (exact) mass is 605 g/mol. The SMILES string of the molecule is OCc1ccc2c(c1)CCCOc1cc(ccc1Cc1nc3cc[c-]cc3n1CC1CCO1)-c1cccc(n1)OC2.[Co]. The smallest absolute Gasteiger partial charge is 0.214 e. The second-order valence-corrected chi connectivity index (χ2v) is 10.7. The van der Waals surface area contributed by atoms with Gasteiger partial charge in [-0.1, -0.05) is 36.4 Å². The Hall–Kier alpha value is -3.69. The summed E-state index contributed by atoms with van der Waals surface area (Å²) >= 11 is 0. The fourth-order valence-corrected chi connectivity index (χ4v) is 5.60. The number of hydrogen-bond acceptors (Lipinski definition) is 6. The molecule has 1 unspecified atom stereocenters. The van der Waals surface area contributed by atoms with Crippen LogP contribution in [0.5, 0.6) is 11.6 Å². The van der Waals surface area contributed by atoms with E-state index in [0.717, 1.165) is 88.5 Å². The molecule has 7 nitrogen and oxygen atoms in total. The predicted molar refractivity (Wildman–Crippen MR) is 156 cm³/mol. The molecule has 7 rings (SSSR count). The van der Waals surface area contributed by atoms with Crippen LogP contribution >= 0.6 is 0 Å². The van der Waals surface area contributed by atoms with Crippen LogP contribution < -0.4 is 9.47 Å². The van der Waals surface area contributed by atoms with Crippen molar-refractivity contribution >= 4 is 11.0 Å². The molecule has 1 radical (unpaired) electrons. The summed E-state index contributed by atoms with van der Waals surface area (Å²) in [4.78, 5) is 9.80. The van der Waals surface area contributed by atoms with Gasteiger partial charge in [-0.15, -0.1) is 6.07 Å². The first-order valence-corrected chi connectivity index (χ1v) is 14.3. The average molecular weight is 606 g/mol. The fourth-order valence-electron chi connectivity index (χ4n) is 5.60. The first-order valence-electron chi connectivity index (χ1n) is 14.3. The van der Waals surface area contributed by atoms with Gasteiger partial charge in [0.1, 0.15) is 18.2 Å². The van der Waals surface area contributed by atoms with E-state index < -0.39 is 0 Å². The minimum absolute atomic E-state index is 0. The Labute approximate surface area is 255 Å². The first kappa shape index (κ1) is 28.4. The van der Waals surface area contributed by atoms with Crippen LogP contribution in [0.1, 0.15) is 40.9 Å². The van der Waals surface area contributed by atoms with Crippen LogP contribution in [-0.2, 0) is 54.1 Å². The molecule has 8 heteroatoms. The summed E-state index contributed by atoms with van der Waals surface area (Å²) in [5.41, 5.74) is 8.08. The third-order valence-corrected chi connectivity index (χ3v) is 7.96. The van der Waals surface area contributed by atoms with Crippen molar-refractivity contribution in [3.8, 4) is 22.9 Å². The Morgan fingerprint density at radius 3 is 2.76 bits per heavy atom. The van der Waals surface area contributed by atoms with E-state index in [-0.39, 0.29) is 29.5 Å². The predicted octanol–water partition coefficient (Wildman–Crippen LogP) is 5.67. The Kier molecular flexibility index (Phi) is 8.57. The molecular formula is C34H32CoN3O4-. The number of aryl methyl sites for hydroxylation is 1. The zero-order chi connectivity index (χ0) is 27.6. The first-order chi connectivity index (χ1) is 20.2. The quantitative estimate of drug-likeness (QED) is 0.260. The molecule has 217 valence electrons. The molecular weight excluding hydrogens is 573 g/mol. The molecule has 2 aliphatic rings. The van der Waals surface area contributed by atoms with Gasteiger partial charge in [0.2, 0.25) is 5.88 Å². The van der Waals surface area contributed by atoms with Gasteiger partial charge >= 0.3 is 0 Å². The minimum atomic E-state index is 0. The number of rotatable bonds is 5. The van der Waals surface area contributed by atoms with Gasteiger partial charge in [0.05, 0.1) is 25.0 Å². The normalized spacial score (nSPS) is 16.3. The van der Waals surface area contributed by atoms with Crippen molar-refractivity contribution in [1.29, 1.82) is 0 Å². The number of ether oxygens (including phenoxy) is 3. The Morgan fingerprint density at radius 2 is 1.90 bits per heavy atom. The molecule has 4 heterocycles. The molecule has 3 aromatic carbocycles. The van der Waals surface area contributed by atoms with Crippen LogP contribution in [0.25, 0.3) is 22.3 Å². The number of aliphatic hydroxyl groups is 1. The second kappa shape index (κ2) is 12.7. The summed E-state index contributed by atoms with van der Waals surface area (Å²) in [6.45, 7) is 2.61. The number of pyridine rings is 1.